The van der Waals surface area contributed by atoms with Gasteiger partial charge in [-0.2, -0.15) is 0 Å². The van der Waals surface area contributed by atoms with E-state index in [4.69, 9.17) is 0 Å². The van der Waals surface area contributed by atoms with Crippen LogP contribution in [-0.2, 0) is 19.3 Å². The summed E-state index contributed by atoms with van der Waals surface area (Å²) >= 11 is 0. The van der Waals surface area contributed by atoms with Crippen LogP contribution in [-0.4, -0.2) is 9.97 Å². The second kappa shape index (κ2) is 13.8. The highest BCUT2D eigenvalue weighted by Crippen LogP contribution is 2.10. The van der Waals surface area contributed by atoms with Gasteiger partial charge in [0.1, 0.15) is 0 Å². The highest BCUT2D eigenvalue weighted by molar-refractivity contribution is 5.25. The van der Waals surface area contributed by atoms with Crippen LogP contribution in [0.2, 0.25) is 0 Å². The summed E-state index contributed by atoms with van der Waals surface area (Å²) < 4.78 is 0. The minimum atomic E-state index is 0.817. The fourth-order valence-electron chi connectivity index (χ4n) is 2.65. The van der Waals surface area contributed by atoms with Gasteiger partial charge in [0, 0.05) is 11.9 Å². The molecular formula is C25H36N2. The van der Waals surface area contributed by atoms with E-state index in [-0.39, 0.29) is 0 Å². The van der Waals surface area contributed by atoms with Gasteiger partial charge < -0.3 is 4.98 Å². The second-order valence-corrected chi connectivity index (χ2v) is 6.91. The van der Waals surface area contributed by atoms with Gasteiger partial charge in [-0.1, -0.05) is 88.7 Å². The maximum atomic E-state index is 3.84. The van der Waals surface area contributed by atoms with Gasteiger partial charge in [0.2, 0.25) is 0 Å². The number of benzene rings is 2. The molecule has 1 atom stereocenters. The first kappa shape index (κ1) is 22.7. The molecule has 1 N–H and O–H groups in total. The molecule has 3 aromatic rings. The molecule has 2 heteroatoms. The van der Waals surface area contributed by atoms with Crippen molar-refractivity contribution >= 4 is 0 Å². The van der Waals surface area contributed by atoms with Gasteiger partial charge >= 0.3 is 0 Å². The van der Waals surface area contributed by atoms with Crippen molar-refractivity contribution in [2.45, 2.75) is 60.3 Å². The molecule has 0 aliphatic rings. The van der Waals surface area contributed by atoms with Crippen LogP contribution in [0.3, 0.4) is 0 Å². The van der Waals surface area contributed by atoms with E-state index < -0.39 is 0 Å². The summed E-state index contributed by atoms with van der Waals surface area (Å²) in [6.45, 7) is 11.0. The van der Waals surface area contributed by atoms with Crippen LogP contribution in [0, 0.1) is 12.8 Å². The third kappa shape index (κ3) is 9.79. The van der Waals surface area contributed by atoms with Gasteiger partial charge in [-0.25, -0.2) is 4.98 Å². The highest BCUT2D eigenvalue weighted by Gasteiger charge is 1.98. The van der Waals surface area contributed by atoms with E-state index in [1.54, 1.807) is 6.33 Å². The van der Waals surface area contributed by atoms with Gasteiger partial charge in [-0.05, 0) is 48.8 Å². The molecule has 0 bridgehead atoms. The summed E-state index contributed by atoms with van der Waals surface area (Å²) in [6, 6.07) is 19.2. The number of nitrogens with zero attached hydrogens (tertiary/aromatic N) is 1. The number of nitrogens with one attached hydrogen (secondary N) is 1. The fraction of sp³-hybridized carbons (Fsp3) is 0.400. The molecular weight excluding hydrogens is 328 g/mol. The first-order valence-corrected chi connectivity index (χ1v) is 10.2. The molecule has 2 nitrogen and oxygen atoms in total. The Morgan fingerprint density at radius 3 is 2.00 bits per heavy atom. The molecule has 27 heavy (non-hydrogen) atoms. The van der Waals surface area contributed by atoms with Crippen LogP contribution < -0.4 is 0 Å². The Kier molecular flexibility index (Phi) is 11.6. The van der Waals surface area contributed by atoms with Crippen molar-refractivity contribution in [2.75, 3.05) is 0 Å². The average molecular weight is 365 g/mol. The zero-order valence-electron chi connectivity index (χ0n) is 17.7. The molecule has 3 rings (SSSR count). The van der Waals surface area contributed by atoms with E-state index in [0.29, 0.717) is 0 Å². The zero-order valence-corrected chi connectivity index (χ0v) is 17.7. The predicted molar refractivity (Wildman–Crippen MR) is 118 cm³/mol. The van der Waals surface area contributed by atoms with Crippen LogP contribution >= 0.6 is 0 Å². The van der Waals surface area contributed by atoms with Gasteiger partial charge in [-0.3, -0.25) is 0 Å². The molecule has 0 saturated carbocycles. The third-order valence-electron chi connectivity index (χ3n) is 4.70. The SMILES string of the molecule is CC[C@H](C)Cc1ccccc1.CCc1ccccc1C.CCc1cnc[nH]1. The first-order valence-electron chi connectivity index (χ1n) is 10.2. The van der Waals surface area contributed by atoms with Crippen LogP contribution in [0.1, 0.15) is 56.5 Å². The second-order valence-electron chi connectivity index (χ2n) is 6.91. The van der Waals surface area contributed by atoms with Crippen molar-refractivity contribution in [3.8, 4) is 0 Å². The number of aromatic amines is 1. The standard InChI is InChI=1S/C11H16.C9H12.C5H8N2/c1-3-10(2)9-11-7-5-4-6-8-11;1-3-9-7-5-4-6-8(9)2;1-2-5-3-6-4-7-5/h4-8,10H,3,9H2,1-2H3;4-7H,3H2,1-2H3;3-4H,2H2,1H3,(H,6,7)/t10-;;/m0../s1. The van der Waals surface area contributed by atoms with Crippen molar-refractivity contribution in [1.29, 1.82) is 0 Å². The number of imidazole rings is 1. The molecule has 0 amide bonds. The average Bonchev–Trinajstić information content (AvgIpc) is 3.24. The number of aromatic nitrogens is 2. The molecule has 0 aliphatic carbocycles. The Hall–Kier alpha value is -2.35. The van der Waals surface area contributed by atoms with E-state index in [9.17, 15) is 0 Å². The smallest absolute Gasteiger partial charge is 0.0921 e. The number of hydrogen-bond donors (Lipinski definition) is 1. The molecule has 0 unspecified atom stereocenters. The Labute approximate surface area is 166 Å². The molecule has 0 spiro atoms. The van der Waals surface area contributed by atoms with Crippen LogP contribution in [0.25, 0.3) is 0 Å². The third-order valence-corrected chi connectivity index (χ3v) is 4.70. The largest absolute Gasteiger partial charge is 0.349 e. The van der Waals surface area contributed by atoms with E-state index in [2.05, 4.69) is 99.2 Å². The van der Waals surface area contributed by atoms with E-state index >= 15 is 0 Å². The monoisotopic (exact) mass is 364 g/mol. The molecule has 0 aliphatic heterocycles. The number of H-pyrrole nitrogens is 1. The molecule has 0 saturated heterocycles. The summed E-state index contributed by atoms with van der Waals surface area (Å²) in [5, 5.41) is 0. The van der Waals surface area contributed by atoms with E-state index in [1.165, 1.54) is 35.2 Å². The molecule has 1 aromatic heterocycles. The van der Waals surface area contributed by atoms with Crippen molar-refractivity contribution in [1.82, 2.24) is 9.97 Å². The minimum Gasteiger partial charge on any atom is -0.349 e. The van der Waals surface area contributed by atoms with Crippen LogP contribution in [0.5, 0.6) is 0 Å². The molecule has 2 aromatic carbocycles. The van der Waals surface area contributed by atoms with Gasteiger partial charge in [0.25, 0.3) is 0 Å². The lowest BCUT2D eigenvalue weighted by Gasteiger charge is -2.06. The summed E-state index contributed by atoms with van der Waals surface area (Å²) in [5.41, 5.74) is 5.51. The van der Waals surface area contributed by atoms with Crippen molar-refractivity contribution < 1.29 is 0 Å². The van der Waals surface area contributed by atoms with Gasteiger partial charge in [0.05, 0.1) is 6.33 Å². The Balaban J connectivity index is 0.000000208. The lowest BCUT2D eigenvalue weighted by atomic mass is 9.99. The molecule has 0 fully saturated rings. The normalized spacial score (nSPS) is 10.9. The summed E-state index contributed by atoms with van der Waals surface area (Å²) in [7, 11) is 0. The summed E-state index contributed by atoms with van der Waals surface area (Å²) in [4.78, 5) is 6.81. The van der Waals surface area contributed by atoms with E-state index in [1.807, 2.05) is 6.20 Å². The first-order chi connectivity index (χ1) is 13.1. The van der Waals surface area contributed by atoms with Crippen LogP contribution in [0.4, 0.5) is 0 Å². The minimum absolute atomic E-state index is 0.817. The maximum absolute atomic E-state index is 3.84. The van der Waals surface area contributed by atoms with Crippen molar-refractivity contribution in [3.05, 3.63) is 89.5 Å². The van der Waals surface area contributed by atoms with Crippen molar-refractivity contribution in [3.63, 3.8) is 0 Å². The summed E-state index contributed by atoms with van der Waals surface area (Å²) in [6.07, 6.45) is 8.21. The maximum Gasteiger partial charge on any atom is 0.0921 e. The Bertz CT molecular complexity index is 702. The Morgan fingerprint density at radius 2 is 1.56 bits per heavy atom. The predicted octanol–water partition coefficient (Wildman–Crippen LogP) is 6.80. The summed E-state index contributed by atoms with van der Waals surface area (Å²) in [5.74, 6) is 0.817. The van der Waals surface area contributed by atoms with Crippen LogP contribution in [0.15, 0.2) is 67.1 Å². The molecule has 0 radical (unpaired) electrons. The zero-order chi connectivity index (χ0) is 19.9. The topological polar surface area (TPSA) is 28.7 Å². The molecule has 1 heterocycles. The van der Waals surface area contributed by atoms with Gasteiger partial charge in [0.15, 0.2) is 0 Å². The fourth-order valence-corrected chi connectivity index (χ4v) is 2.65. The lowest BCUT2D eigenvalue weighted by molar-refractivity contribution is 0.560. The number of rotatable bonds is 5. The quantitative estimate of drug-likeness (QED) is 0.529. The number of hydrogen-bond acceptors (Lipinski definition) is 1. The van der Waals surface area contributed by atoms with Gasteiger partial charge in [-0.15, -0.1) is 0 Å². The molecule has 146 valence electrons. The Morgan fingerprint density at radius 1 is 0.889 bits per heavy atom. The van der Waals surface area contributed by atoms with Crippen molar-refractivity contribution in [2.24, 2.45) is 5.92 Å². The highest BCUT2D eigenvalue weighted by atomic mass is 14.8. The number of aryl methyl sites for hydroxylation is 3. The van der Waals surface area contributed by atoms with E-state index in [0.717, 1.165) is 18.8 Å². The lowest BCUT2D eigenvalue weighted by Crippen LogP contribution is -1.96.